The number of aliphatic carboxylic acids is 1. The maximum Gasteiger partial charge on any atom is 0.303 e. The molecule has 1 saturated carbocycles. The Labute approximate surface area is 103 Å². The van der Waals surface area contributed by atoms with Gasteiger partial charge >= 0.3 is 5.97 Å². The highest BCUT2D eigenvalue weighted by Crippen LogP contribution is 2.32. The summed E-state index contributed by atoms with van der Waals surface area (Å²) < 4.78 is 6.58. The zero-order valence-electron chi connectivity index (χ0n) is 8.78. The molecule has 0 bridgehead atoms. The van der Waals surface area contributed by atoms with Crippen molar-refractivity contribution in [2.75, 3.05) is 0 Å². The highest BCUT2D eigenvalue weighted by Gasteiger charge is 2.24. The van der Waals surface area contributed by atoms with E-state index in [4.69, 9.17) is 9.84 Å². The Bertz CT molecular complexity index is 399. The van der Waals surface area contributed by atoms with Gasteiger partial charge in [-0.05, 0) is 52.9 Å². The molecule has 3 nitrogen and oxygen atoms in total. The molecule has 1 fully saturated rings. The van der Waals surface area contributed by atoms with Crippen LogP contribution in [0.3, 0.4) is 0 Å². The van der Waals surface area contributed by atoms with Crippen LogP contribution in [0.15, 0.2) is 22.7 Å². The molecule has 0 atom stereocenters. The Hall–Kier alpha value is -1.03. The molecule has 1 aromatic rings. The minimum atomic E-state index is -0.769. The third-order valence-corrected chi connectivity index (χ3v) is 3.06. The summed E-state index contributed by atoms with van der Waals surface area (Å²) in [6.07, 6.45) is 3.36. The number of rotatable bonds is 5. The fourth-order valence-corrected chi connectivity index (χ4v) is 1.93. The van der Waals surface area contributed by atoms with Gasteiger partial charge in [0.1, 0.15) is 5.75 Å². The second-order valence-corrected chi connectivity index (χ2v) is 4.83. The Morgan fingerprint density at radius 2 is 2.25 bits per heavy atom. The number of carboxylic acids is 1. The first-order valence-corrected chi connectivity index (χ1v) is 6.11. The first kappa shape index (κ1) is 11.5. The van der Waals surface area contributed by atoms with Gasteiger partial charge < -0.3 is 9.84 Å². The van der Waals surface area contributed by atoms with E-state index in [9.17, 15) is 4.79 Å². The predicted molar refractivity (Wildman–Crippen MR) is 63.7 cm³/mol. The van der Waals surface area contributed by atoms with E-state index < -0.39 is 5.97 Å². The topological polar surface area (TPSA) is 46.5 Å². The third kappa shape index (κ3) is 3.23. The monoisotopic (exact) mass is 284 g/mol. The Morgan fingerprint density at radius 3 is 2.81 bits per heavy atom. The molecular formula is C12H13BrO3. The maximum atomic E-state index is 10.4. The van der Waals surface area contributed by atoms with Crippen molar-refractivity contribution in [3.63, 3.8) is 0 Å². The van der Waals surface area contributed by atoms with Crippen LogP contribution in [0.5, 0.6) is 5.75 Å². The van der Waals surface area contributed by atoms with Crippen LogP contribution in [-0.2, 0) is 11.2 Å². The van der Waals surface area contributed by atoms with E-state index in [-0.39, 0.29) is 6.42 Å². The Balaban J connectivity index is 2.00. The van der Waals surface area contributed by atoms with Crippen molar-refractivity contribution in [3.05, 3.63) is 28.2 Å². The van der Waals surface area contributed by atoms with Crippen molar-refractivity contribution in [1.82, 2.24) is 0 Å². The molecule has 0 aromatic heterocycles. The van der Waals surface area contributed by atoms with Crippen LogP contribution in [0.1, 0.15) is 24.8 Å². The van der Waals surface area contributed by atoms with Gasteiger partial charge in [0.05, 0.1) is 10.6 Å². The first-order chi connectivity index (χ1) is 7.65. The zero-order valence-corrected chi connectivity index (χ0v) is 10.4. The lowest BCUT2D eigenvalue weighted by atomic mass is 10.1. The molecule has 1 aromatic carbocycles. The van der Waals surface area contributed by atoms with Crippen molar-refractivity contribution in [2.24, 2.45) is 0 Å². The summed E-state index contributed by atoms with van der Waals surface area (Å²) >= 11 is 3.44. The van der Waals surface area contributed by atoms with Crippen LogP contribution in [0.25, 0.3) is 0 Å². The minimum Gasteiger partial charge on any atom is -0.489 e. The summed E-state index contributed by atoms with van der Waals surface area (Å²) in [6.45, 7) is 0. The number of hydrogen-bond acceptors (Lipinski definition) is 2. The second-order valence-electron chi connectivity index (χ2n) is 3.98. The third-order valence-electron chi connectivity index (χ3n) is 2.44. The van der Waals surface area contributed by atoms with Crippen LogP contribution < -0.4 is 4.74 Å². The fourth-order valence-electron chi connectivity index (χ4n) is 1.41. The van der Waals surface area contributed by atoms with E-state index in [2.05, 4.69) is 15.9 Å². The van der Waals surface area contributed by atoms with E-state index in [1.807, 2.05) is 18.2 Å². The number of aryl methyl sites for hydroxylation is 1. The van der Waals surface area contributed by atoms with Gasteiger partial charge in [0.15, 0.2) is 0 Å². The summed E-state index contributed by atoms with van der Waals surface area (Å²) in [4.78, 5) is 10.4. The predicted octanol–water partition coefficient (Wildman–Crippen LogP) is 3.01. The zero-order chi connectivity index (χ0) is 11.5. The molecule has 0 aliphatic heterocycles. The van der Waals surface area contributed by atoms with Crippen molar-refractivity contribution in [2.45, 2.75) is 31.8 Å². The van der Waals surface area contributed by atoms with Crippen LogP contribution in [0.2, 0.25) is 0 Å². The lowest BCUT2D eigenvalue weighted by molar-refractivity contribution is -0.136. The molecule has 1 aliphatic carbocycles. The summed E-state index contributed by atoms with van der Waals surface area (Å²) in [5.74, 6) is 0.0796. The van der Waals surface area contributed by atoms with Crippen LogP contribution in [0, 0.1) is 0 Å². The molecule has 4 heteroatoms. The van der Waals surface area contributed by atoms with Crippen molar-refractivity contribution in [3.8, 4) is 5.75 Å². The number of carboxylic acid groups (broad SMARTS) is 1. The van der Waals surface area contributed by atoms with Crippen LogP contribution in [0.4, 0.5) is 0 Å². The lowest BCUT2D eigenvalue weighted by Gasteiger charge is -2.08. The molecule has 16 heavy (non-hydrogen) atoms. The van der Waals surface area contributed by atoms with Crippen molar-refractivity contribution in [1.29, 1.82) is 0 Å². The molecule has 0 saturated heterocycles. The Morgan fingerprint density at radius 1 is 1.50 bits per heavy atom. The molecular weight excluding hydrogens is 272 g/mol. The van der Waals surface area contributed by atoms with Gasteiger partial charge in [-0.3, -0.25) is 4.79 Å². The van der Waals surface area contributed by atoms with Crippen molar-refractivity contribution >= 4 is 21.9 Å². The van der Waals surface area contributed by atoms with Gasteiger partial charge in [0.2, 0.25) is 0 Å². The number of benzene rings is 1. The molecule has 86 valence electrons. The Kier molecular flexibility index (Phi) is 3.49. The molecule has 0 radical (unpaired) electrons. The van der Waals surface area contributed by atoms with E-state index in [1.165, 1.54) is 0 Å². The molecule has 0 unspecified atom stereocenters. The fraction of sp³-hybridized carbons (Fsp3) is 0.417. The van der Waals surface area contributed by atoms with Gasteiger partial charge in [-0.2, -0.15) is 0 Å². The van der Waals surface area contributed by atoms with Gasteiger partial charge in [0.25, 0.3) is 0 Å². The summed E-state index contributed by atoms with van der Waals surface area (Å²) in [6, 6.07) is 5.76. The van der Waals surface area contributed by atoms with Crippen molar-refractivity contribution < 1.29 is 14.6 Å². The van der Waals surface area contributed by atoms with E-state index in [1.54, 1.807) is 0 Å². The standard InChI is InChI=1S/C12H13BrO3/c13-10-7-8(2-6-12(14)15)1-5-11(10)16-9-3-4-9/h1,5,7,9H,2-4,6H2,(H,14,15). The highest BCUT2D eigenvalue weighted by atomic mass is 79.9. The number of halogens is 1. The molecule has 2 rings (SSSR count). The van der Waals surface area contributed by atoms with Gasteiger partial charge in [0, 0.05) is 6.42 Å². The smallest absolute Gasteiger partial charge is 0.303 e. The number of ether oxygens (including phenoxy) is 1. The van der Waals surface area contributed by atoms with Gasteiger partial charge in [-0.15, -0.1) is 0 Å². The molecule has 0 amide bonds. The average Bonchev–Trinajstić information content (AvgIpc) is 3.02. The molecule has 0 spiro atoms. The highest BCUT2D eigenvalue weighted by molar-refractivity contribution is 9.10. The summed E-state index contributed by atoms with van der Waals surface area (Å²) in [5, 5.41) is 8.59. The number of carbonyl (C=O) groups is 1. The van der Waals surface area contributed by atoms with Crippen LogP contribution >= 0.6 is 15.9 Å². The summed E-state index contributed by atoms with van der Waals surface area (Å²) in [7, 11) is 0. The lowest BCUT2D eigenvalue weighted by Crippen LogP contribution is -1.99. The average molecular weight is 285 g/mol. The van der Waals surface area contributed by atoms with Gasteiger partial charge in [-0.1, -0.05) is 6.07 Å². The molecule has 1 aliphatic rings. The second kappa shape index (κ2) is 4.87. The van der Waals surface area contributed by atoms with E-state index in [0.717, 1.165) is 28.6 Å². The first-order valence-electron chi connectivity index (χ1n) is 5.32. The minimum absolute atomic E-state index is 0.162. The maximum absolute atomic E-state index is 10.4. The molecule has 1 N–H and O–H groups in total. The molecule has 0 heterocycles. The number of hydrogen-bond donors (Lipinski definition) is 1. The normalized spacial score (nSPS) is 14.8. The van der Waals surface area contributed by atoms with Crippen LogP contribution in [-0.4, -0.2) is 17.2 Å². The SMILES string of the molecule is O=C(O)CCc1ccc(OC2CC2)c(Br)c1. The quantitative estimate of drug-likeness (QED) is 0.904. The van der Waals surface area contributed by atoms with E-state index >= 15 is 0 Å². The summed E-state index contributed by atoms with van der Waals surface area (Å²) in [5.41, 5.74) is 1.01. The largest absolute Gasteiger partial charge is 0.489 e. The van der Waals surface area contributed by atoms with E-state index in [0.29, 0.717) is 12.5 Å². The van der Waals surface area contributed by atoms with Gasteiger partial charge in [-0.25, -0.2) is 0 Å².